The summed E-state index contributed by atoms with van der Waals surface area (Å²) in [7, 11) is 2.00. The Balaban J connectivity index is 1.25. The maximum absolute atomic E-state index is 13.3. The molecule has 1 aromatic heterocycles. The number of carbonyl (C=O) groups excluding carboxylic acids is 1. The van der Waals surface area contributed by atoms with Gasteiger partial charge in [-0.15, -0.1) is 0 Å². The first-order valence-electron chi connectivity index (χ1n) is 11.7. The lowest BCUT2D eigenvalue weighted by atomic mass is 9.99. The third-order valence-electron chi connectivity index (χ3n) is 6.85. The first-order valence-corrected chi connectivity index (χ1v) is 12.1. The van der Waals surface area contributed by atoms with Crippen molar-refractivity contribution in [3.8, 4) is 11.5 Å². The summed E-state index contributed by atoms with van der Waals surface area (Å²) in [5, 5.41) is 1.83. The number of ether oxygens (including phenoxy) is 2. The zero-order chi connectivity index (χ0) is 24.1. The molecule has 6 heteroatoms. The molecule has 3 aromatic carbocycles. The molecule has 5 nitrogen and oxygen atoms in total. The molecular formula is C29H25ClN2O3. The molecular weight excluding hydrogens is 460 g/mol. The smallest absolute Gasteiger partial charge is 0.231 e. The van der Waals surface area contributed by atoms with Gasteiger partial charge in [-0.2, -0.15) is 0 Å². The van der Waals surface area contributed by atoms with Crippen molar-refractivity contribution in [3.05, 3.63) is 99.4 Å². The van der Waals surface area contributed by atoms with Crippen LogP contribution in [0.3, 0.4) is 0 Å². The van der Waals surface area contributed by atoms with Gasteiger partial charge in [0, 0.05) is 58.9 Å². The number of benzene rings is 3. The van der Waals surface area contributed by atoms with E-state index in [1.54, 1.807) is 0 Å². The van der Waals surface area contributed by atoms with Gasteiger partial charge in [-0.1, -0.05) is 41.9 Å². The van der Waals surface area contributed by atoms with E-state index in [9.17, 15) is 4.79 Å². The van der Waals surface area contributed by atoms with Crippen LogP contribution in [0.5, 0.6) is 11.5 Å². The van der Waals surface area contributed by atoms with Crippen molar-refractivity contribution in [3.63, 3.8) is 0 Å². The molecule has 0 N–H and O–H groups in total. The molecule has 6 rings (SSSR count). The third-order valence-corrected chi connectivity index (χ3v) is 7.10. The third kappa shape index (κ3) is 3.91. The van der Waals surface area contributed by atoms with Crippen molar-refractivity contribution >= 4 is 34.4 Å². The van der Waals surface area contributed by atoms with Crippen molar-refractivity contribution in [1.82, 2.24) is 9.47 Å². The van der Waals surface area contributed by atoms with Crippen LogP contribution < -0.4 is 9.47 Å². The summed E-state index contributed by atoms with van der Waals surface area (Å²) in [6, 6.07) is 18.0. The summed E-state index contributed by atoms with van der Waals surface area (Å²) in [6.07, 6.45) is 4.78. The van der Waals surface area contributed by atoms with E-state index in [1.807, 2.05) is 56.6 Å². The average Bonchev–Trinajstić information content (AvgIpc) is 3.35. The fraction of sp³-hybridized carbons (Fsp3) is 0.207. The van der Waals surface area contributed by atoms with Gasteiger partial charge in [0.05, 0.1) is 5.56 Å². The zero-order valence-electron chi connectivity index (χ0n) is 19.7. The topological polar surface area (TPSA) is 43.7 Å². The van der Waals surface area contributed by atoms with Gasteiger partial charge in [0.25, 0.3) is 0 Å². The van der Waals surface area contributed by atoms with Gasteiger partial charge in [-0.3, -0.25) is 9.69 Å². The Kier molecular flexibility index (Phi) is 5.39. The lowest BCUT2D eigenvalue weighted by Gasteiger charge is -2.30. The Labute approximate surface area is 209 Å². The van der Waals surface area contributed by atoms with Crippen LogP contribution in [0.1, 0.15) is 32.6 Å². The van der Waals surface area contributed by atoms with E-state index < -0.39 is 0 Å². The number of halogens is 1. The van der Waals surface area contributed by atoms with E-state index in [2.05, 4.69) is 33.7 Å². The number of aryl methyl sites for hydroxylation is 1. The molecule has 176 valence electrons. The summed E-state index contributed by atoms with van der Waals surface area (Å²) in [5.41, 5.74) is 5.82. The highest BCUT2D eigenvalue weighted by Gasteiger charge is 2.33. The minimum absolute atomic E-state index is 0.0860. The van der Waals surface area contributed by atoms with Crippen molar-refractivity contribution in [2.75, 3.05) is 13.3 Å². The van der Waals surface area contributed by atoms with Crippen molar-refractivity contribution in [1.29, 1.82) is 0 Å². The normalized spacial score (nSPS) is 16.3. The lowest BCUT2D eigenvalue weighted by molar-refractivity contribution is 0.0954. The number of hydrogen-bond acceptors (Lipinski definition) is 4. The summed E-state index contributed by atoms with van der Waals surface area (Å²) < 4.78 is 14.3. The number of nitrogens with zero attached hydrogens (tertiary/aromatic N) is 2. The van der Waals surface area contributed by atoms with Gasteiger partial charge < -0.3 is 14.0 Å². The number of allylic oxidation sites excluding steroid dienone is 1. The van der Waals surface area contributed by atoms with E-state index in [-0.39, 0.29) is 5.78 Å². The number of hydrogen-bond donors (Lipinski definition) is 0. The van der Waals surface area contributed by atoms with E-state index in [4.69, 9.17) is 21.1 Å². The molecule has 0 amide bonds. The SMILES string of the molecule is Cc1c2c(cc3c1O/C(=C\c1cn(C)c4ccccc14)C3=O)CN(CCc1ccc(Cl)cc1)CO2. The first kappa shape index (κ1) is 22.0. The molecule has 0 bridgehead atoms. The molecule has 0 radical (unpaired) electrons. The van der Waals surface area contributed by atoms with Gasteiger partial charge >= 0.3 is 0 Å². The van der Waals surface area contributed by atoms with Crippen LogP contribution in [0.15, 0.2) is 66.6 Å². The van der Waals surface area contributed by atoms with Crippen LogP contribution in [0.4, 0.5) is 0 Å². The second-order valence-corrected chi connectivity index (χ2v) is 9.66. The maximum atomic E-state index is 13.3. The highest BCUT2D eigenvalue weighted by atomic mass is 35.5. The van der Waals surface area contributed by atoms with Crippen LogP contribution in [-0.4, -0.2) is 28.5 Å². The second-order valence-electron chi connectivity index (χ2n) is 9.22. The molecule has 2 aliphatic heterocycles. The standard InChI is InChI=1S/C29H25ClN2O3/c1-18-28-21(16-32(17-34-28)12-11-19-7-9-22(30)10-8-19)13-24-27(33)26(35-29(18)24)14-20-15-31(2)25-6-4-3-5-23(20)25/h3-10,13-15H,11-12,16-17H2,1-2H3/b26-14-. The maximum Gasteiger partial charge on any atom is 0.231 e. The number of carbonyl (C=O) groups is 1. The Hall–Kier alpha value is -3.54. The van der Waals surface area contributed by atoms with Gasteiger partial charge in [0.15, 0.2) is 5.76 Å². The van der Waals surface area contributed by atoms with Crippen LogP contribution in [-0.2, 0) is 20.0 Å². The molecule has 0 saturated heterocycles. The predicted molar refractivity (Wildman–Crippen MR) is 138 cm³/mol. The van der Waals surface area contributed by atoms with Gasteiger partial charge in [0.2, 0.25) is 5.78 Å². The van der Waals surface area contributed by atoms with Crippen LogP contribution >= 0.6 is 11.6 Å². The van der Waals surface area contributed by atoms with E-state index in [0.717, 1.165) is 57.9 Å². The molecule has 35 heavy (non-hydrogen) atoms. The number of rotatable bonds is 4. The molecule has 0 saturated carbocycles. The first-order chi connectivity index (χ1) is 17.0. The molecule has 0 unspecified atom stereocenters. The zero-order valence-corrected chi connectivity index (χ0v) is 20.4. The minimum Gasteiger partial charge on any atom is -0.477 e. The van der Waals surface area contributed by atoms with Crippen LogP contribution in [0.2, 0.25) is 5.02 Å². The largest absolute Gasteiger partial charge is 0.477 e. The number of Topliss-reactive ketones (excluding diaryl/α,β-unsaturated/α-hetero) is 1. The summed E-state index contributed by atoms with van der Waals surface area (Å²) in [5.74, 6) is 1.69. The Morgan fingerprint density at radius 2 is 1.89 bits per heavy atom. The molecule has 0 spiro atoms. The molecule has 4 aromatic rings. The quantitative estimate of drug-likeness (QED) is 0.326. The number of fused-ring (bicyclic) bond motifs is 3. The van der Waals surface area contributed by atoms with Crippen molar-refractivity contribution < 1.29 is 14.3 Å². The van der Waals surface area contributed by atoms with Crippen LogP contribution in [0, 0.1) is 6.92 Å². The highest BCUT2D eigenvalue weighted by molar-refractivity contribution is 6.30. The van der Waals surface area contributed by atoms with Gasteiger partial charge in [-0.05, 0) is 49.2 Å². The number of aromatic nitrogens is 1. The van der Waals surface area contributed by atoms with Crippen molar-refractivity contribution in [2.24, 2.45) is 7.05 Å². The fourth-order valence-electron chi connectivity index (χ4n) is 5.01. The Morgan fingerprint density at radius 1 is 1.09 bits per heavy atom. The van der Waals surface area contributed by atoms with Crippen LogP contribution in [0.25, 0.3) is 17.0 Å². The predicted octanol–water partition coefficient (Wildman–Crippen LogP) is 6.15. The van der Waals surface area contributed by atoms with E-state index in [1.165, 1.54) is 5.56 Å². The molecule has 3 heterocycles. The molecule has 0 fully saturated rings. The lowest BCUT2D eigenvalue weighted by Crippen LogP contribution is -2.34. The average molecular weight is 485 g/mol. The summed E-state index contributed by atoms with van der Waals surface area (Å²) >= 11 is 6.00. The second kappa shape index (κ2) is 8.59. The van der Waals surface area contributed by atoms with Gasteiger partial charge in [-0.25, -0.2) is 0 Å². The highest BCUT2D eigenvalue weighted by Crippen LogP contribution is 2.43. The van der Waals surface area contributed by atoms with E-state index in [0.29, 0.717) is 23.8 Å². The molecule has 0 atom stereocenters. The number of ketones is 1. The summed E-state index contributed by atoms with van der Waals surface area (Å²) in [4.78, 5) is 15.6. The van der Waals surface area contributed by atoms with Crippen molar-refractivity contribution in [2.45, 2.75) is 19.9 Å². The van der Waals surface area contributed by atoms with Gasteiger partial charge in [0.1, 0.15) is 18.2 Å². The Bertz CT molecular complexity index is 1500. The fourth-order valence-corrected chi connectivity index (χ4v) is 5.13. The minimum atomic E-state index is -0.0860. The molecule has 0 aliphatic carbocycles. The monoisotopic (exact) mass is 484 g/mol. The Morgan fingerprint density at radius 3 is 2.71 bits per heavy atom. The number of para-hydroxylation sites is 1. The molecule has 2 aliphatic rings. The van der Waals surface area contributed by atoms with E-state index >= 15 is 0 Å². The summed E-state index contributed by atoms with van der Waals surface area (Å²) in [6.45, 7) is 4.06.